The molecule has 0 bridgehead atoms. The number of benzene rings is 1. The van der Waals surface area contributed by atoms with E-state index in [0.29, 0.717) is 17.4 Å². The van der Waals surface area contributed by atoms with Gasteiger partial charge in [0.15, 0.2) is 0 Å². The van der Waals surface area contributed by atoms with Crippen LogP contribution >= 0.6 is 11.6 Å². The maximum atomic E-state index is 10.7. The van der Waals surface area contributed by atoms with E-state index in [1.165, 1.54) is 12.1 Å². The number of carboxylic acid groups (broad SMARTS) is 1. The van der Waals surface area contributed by atoms with Crippen LogP contribution < -0.4 is 9.84 Å². The van der Waals surface area contributed by atoms with E-state index in [1.54, 1.807) is 6.07 Å². The summed E-state index contributed by atoms with van der Waals surface area (Å²) in [7, 11) is 0. The molecule has 76 valence electrons. The van der Waals surface area contributed by atoms with Gasteiger partial charge in [-0.3, -0.25) is 0 Å². The first-order valence-electron chi connectivity index (χ1n) is 4.29. The highest BCUT2D eigenvalue weighted by Gasteiger charge is 2.04. The van der Waals surface area contributed by atoms with Crippen molar-refractivity contribution in [2.24, 2.45) is 0 Å². The van der Waals surface area contributed by atoms with Gasteiger partial charge < -0.3 is 14.6 Å². The molecule has 1 aromatic rings. The van der Waals surface area contributed by atoms with Gasteiger partial charge >= 0.3 is 0 Å². The Kier molecular flexibility index (Phi) is 3.77. The van der Waals surface area contributed by atoms with Crippen LogP contribution in [0.2, 0.25) is 5.02 Å². The van der Waals surface area contributed by atoms with Gasteiger partial charge in [0.25, 0.3) is 0 Å². The number of halogens is 1. The lowest BCUT2D eigenvalue weighted by Crippen LogP contribution is -2.23. The van der Waals surface area contributed by atoms with Crippen LogP contribution in [0.1, 0.15) is 23.7 Å². The molecule has 1 aromatic carbocycles. The van der Waals surface area contributed by atoms with E-state index in [-0.39, 0.29) is 5.56 Å². The normalized spacial score (nSPS) is 9.86. The highest BCUT2D eigenvalue weighted by Crippen LogP contribution is 2.22. The molecule has 0 fully saturated rings. The van der Waals surface area contributed by atoms with E-state index in [9.17, 15) is 9.90 Å². The first-order valence-corrected chi connectivity index (χ1v) is 4.66. The first kappa shape index (κ1) is 10.9. The molecule has 0 aliphatic carbocycles. The SMILES string of the molecule is CCCOc1ccc(Cl)cc1C(=O)[O-]. The number of hydrogen-bond acceptors (Lipinski definition) is 3. The highest BCUT2D eigenvalue weighted by atomic mass is 35.5. The van der Waals surface area contributed by atoms with Gasteiger partial charge in [0, 0.05) is 10.6 Å². The van der Waals surface area contributed by atoms with Crippen molar-refractivity contribution in [1.82, 2.24) is 0 Å². The summed E-state index contributed by atoms with van der Waals surface area (Å²) in [4.78, 5) is 10.7. The Bertz CT molecular complexity index is 336. The summed E-state index contributed by atoms with van der Waals surface area (Å²) in [6.45, 7) is 2.41. The van der Waals surface area contributed by atoms with E-state index >= 15 is 0 Å². The van der Waals surface area contributed by atoms with Gasteiger partial charge in [-0.2, -0.15) is 0 Å². The number of carbonyl (C=O) groups excluding carboxylic acids is 1. The van der Waals surface area contributed by atoms with Crippen LogP contribution in [0.3, 0.4) is 0 Å². The summed E-state index contributed by atoms with van der Waals surface area (Å²) >= 11 is 5.65. The zero-order valence-electron chi connectivity index (χ0n) is 7.75. The van der Waals surface area contributed by atoms with Gasteiger partial charge in [-0.1, -0.05) is 18.5 Å². The number of rotatable bonds is 4. The van der Waals surface area contributed by atoms with Crippen LogP contribution in [0.4, 0.5) is 0 Å². The van der Waals surface area contributed by atoms with E-state index in [0.717, 1.165) is 6.42 Å². The number of ether oxygens (including phenoxy) is 1. The minimum absolute atomic E-state index is 0.00838. The Hall–Kier alpha value is -1.22. The third-order valence-corrected chi connectivity index (χ3v) is 1.86. The summed E-state index contributed by atoms with van der Waals surface area (Å²) in [5.74, 6) is -0.977. The molecule has 0 aromatic heterocycles. The van der Waals surface area contributed by atoms with Crippen molar-refractivity contribution in [3.63, 3.8) is 0 Å². The van der Waals surface area contributed by atoms with Crippen molar-refractivity contribution in [2.75, 3.05) is 6.61 Å². The van der Waals surface area contributed by atoms with Crippen LogP contribution in [0, 0.1) is 0 Å². The zero-order valence-corrected chi connectivity index (χ0v) is 8.50. The zero-order chi connectivity index (χ0) is 10.6. The van der Waals surface area contributed by atoms with Crippen molar-refractivity contribution in [1.29, 1.82) is 0 Å². The number of hydrogen-bond donors (Lipinski definition) is 0. The van der Waals surface area contributed by atoms with E-state index in [1.807, 2.05) is 6.92 Å². The van der Waals surface area contributed by atoms with Crippen molar-refractivity contribution in [3.8, 4) is 5.75 Å². The summed E-state index contributed by atoms with van der Waals surface area (Å²) in [6, 6.07) is 4.43. The summed E-state index contributed by atoms with van der Waals surface area (Å²) in [6.07, 6.45) is 0.815. The molecule has 0 N–H and O–H groups in total. The summed E-state index contributed by atoms with van der Waals surface area (Å²) < 4.78 is 5.22. The largest absolute Gasteiger partial charge is 0.545 e. The van der Waals surface area contributed by atoms with Crippen molar-refractivity contribution in [2.45, 2.75) is 13.3 Å². The minimum Gasteiger partial charge on any atom is -0.545 e. The first-order chi connectivity index (χ1) is 6.65. The average molecular weight is 214 g/mol. The van der Waals surface area contributed by atoms with E-state index < -0.39 is 5.97 Å². The van der Waals surface area contributed by atoms with E-state index in [2.05, 4.69) is 0 Å². The maximum absolute atomic E-state index is 10.7. The lowest BCUT2D eigenvalue weighted by molar-refractivity contribution is -0.255. The van der Waals surface area contributed by atoms with Crippen molar-refractivity contribution in [3.05, 3.63) is 28.8 Å². The van der Waals surface area contributed by atoms with Crippen LogP contribution in [0.25, 0.3) is 0 Å². The molecule has 0 amide bonds. The fourth-order valence-corrected chi connectivity index (χ4v) is 1.17. The molecule has 1 rings (SSSR count). The third-order valence-electron chi connectivity index (χ3n) is 1.62. The van der Waals surface area contributed by atoms with Gasteiger partial charge in [-0.05, 0) is 24.6 Å². The maximum Gasteiger partial charge on any atom is 0.128 e. The predicted octanol–water partition coefficient (Wildman–Crippen LogP) is 1.49. The van der Waals surface area contributed by atoms with Crippen molar-refractivity contribution < 1.29 is 14.6 Å². The molecule has 0 aliphatic rings. The molecular weight excluding hydrogens is 204 g/mol. The second-order valence-electron chi connectivity index (χ2n) is 2.78. The second kappa shape index (κ2) is 4.86. The third kappa shape index (κ3) is 2.64. The summed E-state index contributed by atoms with van der Waals surface area (Å²) in [5.41, 5.74) is -0.00838. The number of carbonyl (C=O) groups is 1. The molecule has 4 heteroatoms. The smallest absolute Gasteiger partial charge is 0.128 e. The number of aromatic carboxylic acids is 1. The molecule has 0 saturated carbocycles. The Balaban J connectivity index is 2.96. The Morgan fingerprint density at radius 3 is 2.86 bits per heavy atom. The second-order valence-corrected chi connectivity index (χ2v) is 3.21. The standard InChI is InChI=1S/C10H11ClO3/c1-2-5-14-9-4-3-7(11)6-8(9)10(12)13/h3-4,6H,2,5H2,1H3,(H,12,13)/p-1. The minimum atomic E-state index is -1.28. The average Bonchev–Trinajstić information content (AvgIpc) is 2.15. The van der Waals surface area contributed by atoms with Gasteiger partial charge in [-0.25, -0.2) is 0 Å². The van der Waals surface area contributed by atoms with E-state index in [4.69, 9.17) is 16.3 Å². The lowest BCUT2D eigenvalue weighted by atomic mass is 10.2. The van der Waals surface area contributed by atoms with Gasteiger partial charge in [0.2, 0.25) is 0 Å². The molecule has 0 radical (unpaired) electrons. The molecule has 0 saturated heterocycles. The van der Waals surface area contributed by atoms with Crippen molar-refractivity contribution >= 4 is 17.6 Å². The molecule has 0 aliphatic heterocycles. The molecule has 14 heavy (non-hydrogen) atoms. The Labute approximate surface area is 87.3 Å². The van der Waals surface area contributed by atoms with Crippen LogP contribution in [0.5, 0.6) is 5.75 Å². The fourth-order valence-electron chi connectivity index (χ4n) is 1.000. The Morgan fingerprint density at radius 2 is 2.29 bits per heavy atom. The number of carboxylic acids is 1. The molecule has 0 atom stereocenters. The molecular formula is C10H10ClO3-. The van der Waals surface area contributed by atoms with Gasteiger partial charge in [-0.15, -0.1) is 0 Å². The van der Waals surface area contributed by atoms with Crippen LogP contribution in [-0.4, -0.2) is 12.6 Å². The predicted molar refractivity (Wildman–Crippen MR) is 51.6 cm³/mol. The van der Waals surface area contributed by atoms with Crippen LogP contribution in [-0.2, 0) is 0 Å². The summed E-state index contributed by atoms with van der Waals surface area (Å²) in [5, 5.41) is 11.0. The van der Waals surface area contributed by atoms with Gasteiger partial charge in [0.05, 0.1) is 12.6 Å². The topological polar surface area (TPSA) is 49.4 Å². The molecule has 0 spiro atoms. The van der Waals surface area contributed by atoms with Gasteiger partial charge in [0.1, 0.15) is 5.75 Å². The fraction of sp³-hybridized carbons (Fsp3) is 0.300. The highest BCUT2D eigenvalue weighted by molar-refractivity contribution is 6.31. The molecule has 0 unspecified atom stereocenters. The molecule has 3 nitrogen and oxygen atoms in total. The quantitative estimate of drug-likeness (QED) is 0.762. The lowest BCUT2D eigenvalue weighted by Gasteiger charge is -2.11. The monoisotopic (exact) mass is 213 g/mol. The van der Waals surface area contributed by atoms with Crippen LogP contribution in [0.15, 0.2) is 18.2 Å². The molecule has 0 heterocycles. The Morgan fingerprint density at radius 1 is 1.57 bits per heavy atom.